The van der Waals surface area contributed by atoms with E-state index in [2.05, 4.69) is 0 Å². The molecule has 0 aromatic heterocycles. The minimum absolute atomic E-state index is 0.0214. The van der Waals surface area contributed by atoms with Gasteiger partial charge in [-0.25, -0.2) is 17.6 Å². The summed E-state index contributed by atoms with van der Waals surface area (Å²) >= 11 is 5.84. The molecule has 5 rings (SSSR count). The van der Waals surface area contributed by atoms with E-state index in [0.717, 1.165) is 16.4 Å². The van der Waals surface area contributed by atoms with Crippen LogP contribution < -0.4 is 0 Å². The van der Waals surface area contributed by atoms with Crippen LogP contribution in [0.2, 0.25) is 5.02 Å². The number of carbonyl (C=O) groups excluding carboxylic acids is 2. The first-order valence-electron chi connectivity index (χ1n) is 12.3. The predicted octanol–water partition coefficient (Wildman–Crippen LogP) is 2.27. The molecule has 39 heavy (non-hydrogen) atoms. The fourth-order valence-electron chi connectivity index (χ4n) is 5.58. The van der Waals surface area contributed by atoms with Gasteiger partial charge in [0.1, 0.15) is 17.9 Å². The zero-order valence-corrected chi connectivity index (χ0v) is 22.1. The number of hydrogen-bond donors (Lipinski definition) is 3. The van der Waals surface area contributed by atoms with E-state index in [1.165, 1.54) is 21.9 Å². The average Bonchev–Trinajstić information content (AvgIpc) is 3.63. The number of hydrogen-bond acceptors (Lipinski definition) is 7. The number of benzene rings is 2. The molecule has 2 aromatic carbocycles. The first-order chi connectivity index (χ1) is 18.4. The molecule has 3 aliphatic rings. The molecule has 14 heteroatoms. The summed E-state index contributed by atoms with van der Waals surface area (Å²) < 4.78 is 42.4. The highest BCUT2D eigenvalue weighted by Gasteiger charge is 2.47. The molecule has 11 nitrogen and oxygen atoms in total. The zero-order valence-electron chi connectivity index (χ0n) is 20.5. The number of aromatic hydroxyl groups is 2. The number of carbonyl (C=O) groups is 3. The molecule has 2 fully saturated rings. The monoisotopic (exact) mass is 581 g/mol. The Morgan fingerprint density at radius 2 is 1.77 bits per heavy atom. The Morgan fingerprint density at radius 1 is 1.08 bits per heavy atom. The molecule has 2 amide bonds. The topological polar surface area (TPSA) is 156 Å². The molecule has 0 bridgehead atoms. The summed E-state index contributed by atoms with van der Waals surface area (Å²) in [6.45, 7) is -0.145. The van der Waals surface area contributed by atoms with E-state index in [9.17, 15) is 42.5 Å². The predicted molar refractivity (Wildman–Crippen MR) is 134 cm³/mol. The average molecular weight is 582 g/mol. The molecule has 0 aliphatic carbocycles. The number of phenols is 2. The van der Waals surface area contributed by atoms with Crippen molar-refractivity contribution in [2.24, 2.45) is 0 Å². The van der Waals surface area contributed by atoms with E-state index in [0.29, 0.717) is 18.4 Å². The molecule has 0 spiro atoms. The molecule has 2 aromatic rings. The van der Waals surface area contributed by atoms with Crippen LogP contribution in [-0.4, -0.2) is 80.8 Å². The van der Waals surface area contributed by atoms with Gasteiger partial charge < -0.3 is 25.1 Å². The second-order valence-corrected chi connectivity index (χ2v) is 12.1. The highest BCUT2D eigenvalue weighted by atomic mass is 35.5. The van der Waals surface area contributed by atoms with Gasteiger partial charge in [0.2, 0.25) is 15.9 Å². The van der Waals surface area contributed by atoms with Crippen LogP contribution in [0.3, 0.4) is 0 Å². The number of nitrogens with zero attached hydrogens (tertiary/aromatic N) is 3. The number of phenolic OH excluding ortho intramolecular Hbond substituents is 2. The Hall–Kier alpha value is -3.42. The van der Waals surface area contributed by atoms with Crippen molar-refractivity contribution in [2.75, 3.05) is 13.1 Å². The first kappa shape index (κ1) is 27.2. The maximum atomic E-state index is 13.9. The SMILES string of the molecule is O=C(O)C1CCCN1C(=O)C1CCCN1S(=O)(=O)c1cc(O)c(O)c2c1CN(Cc1ccc(F)c(Cl)c1)C2=O. The van der Waals surface area contributed by atoms with Crippen LogP contribution in [0.4, 0.5) is 4.39 Å². The standard InChI is InChI=1S/C25H25ClFN3O8S/c26-15-9-13(5-6-16(15)27)11-28-12-14-20(10-19(31)22(32)21(14)24(28)34)39(37,38)30-8-2-3-17(30)23(33)29-7-1-4-18(29)25(35)36/h5-6,9-10,17-18,31-32H,1-4,7-8,11-12H2,(H,35,36). The number of fused-ring (bicyclic) bond motifs is 1. The minimum Gasteiger partial charge on any atom is -0.504 e. The number of carboxylic acids is 1. The van der Waals surface area contributed by atoms with Crippen molar-refractivity contribution in [3.05, 3.63) is 51.8 Å². The third kappa shape index (κ3) is 4.57. The summed E-state index contributed by atoms with van der Waals surface area (Å²) in [5, 5.41) is 30.2. The number of amides is 2. The lowest BCUT2D eigenvalue weighted by atomic mass is 10.1. The van der Waals surface area contributed by atoms with Gasteiger partial charge in [-0.3, -0.25) is 9.59 Å². The second kappa shape index (κ2) is 9.96. The quantitative estimate of drug-likeness (QED) is 0.439. The summed E-state index contributed by atoms with van der Waals surface area (Å²) in [6.07, 6.45) is 1.29. The highest BCUT2D eigenvalue weighted by Crippen LogP contribution is 2.43. The van der Waals surface area contributed by atoms with E-state index in [-0.39, 0.29) is 55.2 Å². The lowest BCUT2D eigenvalue weighted by Gasteiger charge is -2.30. The van der Waals surface area contributed by atoms with Gasteiger partial charge >= 0.3 is 5.97 Å². The summed E-state index contributed by atoms with van der Waals surface area (Å²) in [4.78, 5) is 40.1. The smallest absolute Gasteiger partial charge is 0.326 e. The molecule has 2 unspecified atom stereocenters. The van der Waals surface area contributed by atoms with Crippen LogP contribution in [0.5, 0.6) is 11.5 Å². The van der Waals surface area contributed by atoms with Crippen LogP contribution >= 0.6 is 11.6 Å². The van der Waals surface area contributed by atoms with Gasteiger partial charge in [0, 0.05) is 37.8 Å². The Labute approximate surface area is 228 Å². The Morgan fingerprint density at radius 3 is 2.46 bits per heavy atom. The molecule has 208 valence electrons. The van der Waals surface area contributed by atoms with Crippen molar-refractivity contribution < 1.29 is 42.5 Å². The van der Waals surface area contributed by atoms with E-state index < -0.39 is 62.1 Å². The van der Waals surface area contributed by atoms with Gasteiger partial charge in [-0.2, -0.15) is 4.31 Å². The molecule has 3 N–H and O–H groups in total. The number of aliphatic carboxylic acids is 1. The maximum absolute atomic E-state index is 13.9. The Kier molecular flexibility index (Phi) is 6.93. The van der Waals surface area contributed by atoms with Crippen LogP contribution in [0.25, 0.3) is 0 Å². The van der Waals surface area contributed by atoms with Crippen LogP contribution in [0, 0.1) is 5.82 Å². The lowest BCUT2D eigenvalue weighted by molar-refractivity contribution is -0.149. The number of likely N-dealkylation sites (tertiary alicyclic amines) is 1. The molecule has 3 aliphatic heterocycles. The number of carboxylic acid groups (broad SMARTS) is 1. The fraction of sp³-hybridized carbons (Fsp3) is 0.400. The van der Waals surface area contributed by atoms with Crippen molar-refractivity contribution in [1.82, 2.24) is 14.1 Å². The van der Waals surface area contributed by atoms with Crippen molar-refractivity contribution >= 4 is 39.4 Å². The third-order valence-corrected chi connectivity index (χ3v) is 9.71. The third-order valence-electron chi connectivity index (χ3n) is 7.45. The van der Waals surface area contributed by atoms with Crippen LogP contribution in [0.15, 0.2) is 29.2 Å². The number of sulfonamides is 1. The van der Waals surface area contributed by atoms with Gasteiger partial charge in [-0.1, -0.05) is 17.7 Å². The molecule has 0 radical (unpaired) electrons. The highest BCUT2D eigenvalue weighted by molar-refractivity contribution is 7.89. The zero-order chi connectivity index (χ0) is 28.2. The largest absolute Gasteiger partial charge is 0.504 e. The van der Waals surface area contributed by atoms with E-state index in [1.807, 2.05) is 0 Å². The molecule has 3 heterocycles. The van der Waals surface area contributed by atoms with Gasteiger partial charge in [0.25, 0.3) is 5.91 Å². The van der Waals surface area contributed by atoms with Crippen molar-refractivity contribution in [1.29, 1.82) is 0 Å². The Balaban J connectivity index is 1.48. The number of halogens is 2. The van der Waals surface area contributed by atoms with Crippen molar-refractivity contribution in [3.8, 4) is 11.5 Å². The normalized spacial score (nSPS) is 21.5. The first-order valence-corrected chi connectivity index (χ1v) is 14.1. The Bertz CT molecular complexity index is 1500. The van der Waals surface area contributed by atoms with Crippen molar-refractivity contribution in [3.63, 3.8) is 0 Å². The number of rotatable bonds is 6. The van der Waals surface area contributed by atoms with Crippen molar-refractivity contribution in [2.45, 2.75) is 55.8 Å². The summed E-state index contributed by atoms with van der Waals surface area (Å²) in [5.41, 5.74) is 0.0278. The summed E-state index contributed by atoms with van der Waals surface area (Å²) in [7, 11) is -4.48. The minimum atomic E-state index is -4.48. The molecule has 2 saturated heterocycles. The van der Waals surface area contributed by atoms with Crippen LogP contribution in [0.1, 0.15) is 47.2 Å². The lowest BCUT2D eigenvalue weighted by Crippen LogP contribution is -2.50. The maximum Gasteiger partial charge on any atom is 0.326 e. The summed E-state index contributed by atoms with van der Waals surface area (Å²) in [5.74, 6) is -4.75. The second-order valence-electron chi connectivity index (χ2n) is 9.81. The van der Waals surface area contributed by atoms with Gasteiger partial charge in [-0.05, 0) is 43.4 Å². The molecular weight excluding hydrogens is 557 g/mol. The van der Waals surface area contributed by atoms with Gasteiger partial charge in [0.05, 0.1) is 15.5 Å². The van der Waals surface area contributed by atoms with Crippen LogP contribution in [-0.2, 0) is 32.7 Å². The van der Waals surface area contributed by atoms with Gasteiger partial charge in [0.15, 0.2) is 11.5 Å². The van der Waals surface area contributed by atoms with E-state index in [4.69, 9.17) is 11.6 Å². The van der Waals surface area contributed by atoms with E-state index >= 15 is 0 Å². The molecule has 2 atom stereocenters. The molecular formula is C25H25ClFN3O8S. The van der Waals surface area contributed by atoms with E-state index in [1.54, 1.807) is 0 Å². The summed E-state index contributed by atoms with van der Waals surface area (Å²) in [6, 6.07) is 2.54. The molecule has 0 saturated carbocycles. The fourth-order valence-corrected chi connectivity index (χ4v) is 7.67. The van der Waals surface area contributed by atoms with Gasteiger partial charge in [-0.15, -0.1) is 0 Å².